The molecule has 10 N–H and O–H groups in total. The predicted octanol–water partition coefficient (Wildman–Crippen LogP) is -0.0280. The average molecular weight is 971 g/mol. The molecule has 388 valence electrons. The molecule has 0 spiro atoms. The minimum absolute atomic E-state index is 0.0503. The molecule has 0 aromatic rings. The number of fused-ring (bicyclic) bond motifs is 7. The van der Waals surface area contributed by atoms with E-state index in [1.165, 1.54) is 6.92 Å². The van der Waals surface area contributed by atoms with Gasteiger partial charge in [-0.25, -0.2) is 0 Å². The van der Waals surface area contributed by atoms with E-state index in [-0.39, 0.29) is 35.2 Å². The lowest BCUT2D eigenvalue weighted by Crippen LogP contribution is -2.68. The van der Waals surface area contributed by atoms with Gasteiger partial charge in [0.25, 0.3) is 0 Å². The smallest absolute Gasteiger partial charge is 0.315 e. The minimum Gasteiger partial charge on any atom is -0.432 e. The third-order valence-electron chi connectivity index (χ3n) is 19.4. The molecule has 3 heterocycles. The Balaban J connectivity index is 1.01. The van der Waals surface area contributed by atoms with Crippen molar-refractivity contribution in [3.05, 3.63) is 11.6 Å². The Labute approximate surface area is 398 Å². The Hall–Kier alpha value is -1.76. The molecule has 0 unspecified atom stereocenters. The van der Waals surface area contributed by atoms with Crippen LogP contribution in [0.15, 0.2) is 11.6 Å². The Kier molecular flexibility index (Phi) is 14.2. The summed E-state index contributed by atoms with van der Waals surface area (Å²) < 4.78 is 41.1. The molecule has 8 aliphatic rings. The third kappa shape index (κ3) is 8.00. The number of esters is 1. The first kappa shape index (κ1) is 52.6. The zero-order valence-electron chi connectivity index (χ0n) is 40.8. The number of allylic oxidation sites excluding steroid dienone is 1. The van der Waals surface area contributed by atoms with Crippen LogP contribution >= 0.6 is 0 Å². The van der Waals surface area contributed by atoms with Crippen LogP contribution in [-0.2, 0) is 42.7 Å². The molecule has 0 amide bonds. The van der Waals surface area contributed by atoms with Crippen molar-refractivity contribution in [2.24, 2.45) is 50.2 Å². The minimum atomic E-state index is -1.91. The van der Waals surface area contributed by atoms with E-state index in [4.69, 9.17) is 33.2 Å². The van der Waals surface area contributed by atoms with Gasteiger partial charge in [0.2, 0.25) is 6.29 Å². The second kappa shape index (κ2) is 18.3. The van der Waals surface area contributed by atoms with Gasteiger partial charge in [-0.3, -0.25) is 9.59 Å². The summed E-state index contributed by atoms with van der Waals surface area (Å²) in [6.45, 7) is 15.1. The fraction of sp³-hybridized carbons (Fsp3) is 0.918. The summed E-state index contributed by atoms with van der Waals surface area (Å²) in [5, 5.41) is 108. The molecule has 4 saturated carbocycles. The maximum absolute atomic E-state index is 15.1. The normalized spacial score (nSPS) is 53.2. The lowest BCUT2D eigenvalue weighted by atomic mass is 9.33. The first-order chi connectivity index (χ1) is 31.6. The van der Waals surface area contributed by atoms with Gasteiger partial charge in [0.15, 0.2) is 12.6 Å². The van der Waals surface area contributed by atoms with Crippen molar-refractivity contribution >= 4 is 11.8 Å². The predicted molar refractivity (Wildman–Crippen MR) is 235 cm³/mol. The molecule has 0 radical (unpaired) electrons. The molecule has 0 aromatic carbocycles. The molecule has 5 aliphatic carbocycles. The molecule has 0 bridgehead atoms. The fourth-order valence-electron chi connectivity index (χ4n) is 14.9. The lowest BCUT2D eigenvalue weighted by Gasteiger charge is -2.71. The van der Waals surface area contributed by atoms with Crippen molar-refractivity contribution in [2.45, 2.75) is 211 Å². The number of methoxy groups -OCH3 is 1. The molecule has 3 saturated heterocycles. The van der Waals surface area contributed by atoms with Gasteiger partial charge in [-0.1, -0.05) is 60.1 Å². The number of hydrogen-bond donors (Lipinski definition) is 10. The maximum atomic E-state index is 15.1. The van der Waals surface area contributed by atoms with Crippen LogP contribution in [0.25, 0.3) is 0 Å². The first-order valence-corrected chi connectivity index (χ1v) is 24.6. The highest BCUT2D eigenvalue weighted by molar-refractivity contribution is 5.85. The van der Waals surface area contributed by atoms with E-state index < -0.39 is 145 Å². The molecule has 8 rings (SSSR count). The zero-order chi connectivity index (χ0) is 50.0. The molecule has 7 fully saturated rings. The SMILES string of the molecule is CO[C@@H]1C=C2[C@@H]3CC(C)(C)[C@H](O)C[C@]3(C(=O)O[C@@H]3O[C@H](CO[C@@H]4O[C@H](CO)[C@@H](O[C@@H]5O[C@@H](C)[C@H](O)[C@@H](O)[C@H]5O)[C@H](O)[C@H]4O)[C@@H](O)[C@H](O)[C@H]3O)CC[C@@]2(C)[C@]2(C)CC[C@H]3C(C)(C)C(=O)CC[C@]3(C)[C@@H]12. The Morgan fingerprint density at radius 3 is 2.03 bits per heavy atom. The van der Waals surface area contributed by atoms with E-state index in [0.29, 0.717) is 31.5 Å². The average Bonchev–Trinajstić information content (AvgIpc) is 3.28. The topological polar surface area (TPSA) is 301 Å². The summed E-state index contributed by atoms with van der Waals surface area (Å²) in [4.78, 5) is 28.5. The van der Waals surface area contributed by atoms with Crippen LogP contribution in [-0.4, -0.2) is 187 Å². The molecule has 0 aromatic heterocycles. The van der Waals surface area contributed by atoms with Gasteiger partial charge in [-0.15, -0.1) is 0 Å². The van der Waals surface area contributed by atoms with Gasteiger partial charge in [0.1, 0.15) is 72.9 Å². The van der Waals surface area contributed by atoms with E-state index in [1.807, 2.05) is 13.8 Å². The Morgan fingerprint density at radius 2 is 1.37 bits per heavy atom. The lowest BCUT2D eigenvalue weighted by molar-refractivity contribution is -0.361. The van der Waals surface area contributed by atoms with Crippen molar-refractivity contribution in [1.82, 2.24) is 0 Å². The number of rotatable bonds is 9. The standard InChI is InChI=1S/C49H78O19/c1-21-30(53)32(55)35(58)41(64-21)67-38-25(19-50)65-40(37(60)34(38)57)63-20-26-31(54)33(56)36(59)42(66-26)68-43(61)49-15-14-47(7)22(23(49)17-44(2,3)29(52)18-49)16-24(62-9)39-46(6)12-11-28(51)45(4,5)27(46)10-13-48(39,47)8/h16,21,23-27,29-42,50,52-60H,10-15,17-20H2,1-9H3/t21-,23-,24+,25+,26+,27-,29+,30-,31+,32+,33-,34+,35+,36+,37+,38+,39+,40+,41-,42-,46-,47+,48+,49+/m0/s1. The van der Waals surface area contributed by atoms with Crippen molar-refractivity contribution in [3.8, 4) is 0 Å². The molecule has 3 aliphatic heterocycles. The van der Waals surface area contributed by atoms with Crippen LogP contribution in [0.4, 0.5) is 0 Å². The van der Waals surface area contributed by atoms with Gasteiger partial charge in [0.05, 0.1) is 36.9 Å². The number of ketones is 1. The molecule has 24 atom stereocenters. The highest BCUT2D eigenvalue weighted by Crippen LogP contribution is 2.76. The van der Waals surface area contributed by atoms with Crippen molar-refractivity contribution in [3.63, 3.8) is 0 Å². The van der Waals surface area contributed by atoms with E-state index in [9.17, 15) is 55.9 Å². The molecule has 19 nitrogen and oxygen atoms in total. The van der Waals surface area contributed by atoms with Gasteiger partial charge in [-0.05, 0) is 85.4 Å². The fourth-order valence-corrected chi connectivity index (χ4v) is 14.9. The number of carbonyl (C=O) groups excluding carboxylic acids is 2. The summed E-state index contributed by atoms with van der Waals surface area (Å²) in [7, 11) is 1.72. The number of Topliss-reactive ketones (excluding diaryl/α,β-unsaturated/α-hetero) is 1. The summed E-state index contributed by atoms with van der Waals surface area (Å²) in [6.07, 6.45) is -19.3. The number of hydrogen-bond acceptors (Lipinski definition) is 19. The van der Waals surface area contributed by atoms with Crippen molar-refractivity contribution in [1.29, 1.82) is 0 Å². The Morgan fingerprint density at radius 1 is 0.735 bits per heavy atom. The van der Waals surface area contributed by atoms with Gasteiger partial charge < -0.3 is 84.2 Å². The Bertz CT molecular complexity index is 1910. The molecule has 19 heteroatoms. The van der Waals surface area contributed by atoms with E-state index >= 15 is 4.79 Å². The van der Waals surface area contributed by atoms with Crippen LogP contribution in [0.5, 0.6) is 0 Å². The maximum Gasteiger partial charge on any atom is 0.315 e. The number of aliphatic hydroxyl groups is 10. The molecular weight excluding hydrogens is 893 g/mol. The number of carbonyl (C=O) groups is 2. The second-order valence-corrected chi connectivity index (χ2v) is 23.7. The third-order valence-corrected chi connectivity index (χ3v) is 19.4. The largest absolute Gasteiger partial charge is 0.432 e. The van der Waals surface area contributed by atoms with Crippen LogP contribution in [0.2, 0.25) is 0 Å². The summed E-state index contributed by atoms with van der Waals surface area (Å²) in [5.74, 6) is -0.624. The number of aliphatic hydroxyl groups excluding tert-OH is 10. The summed E-state index contributed by atoms with van der Waals surface area (Å²) in [5.41, 5.74) is -2.19. The van der Waals surface area contributed by atoms with Crippen molar-refractivity contribution < 1.29 is 93.8 Å². The van der Waals surface area contributed by atoms with Crippen LogP contribution in [0.1, 0.15) is 107 Å². The van der Waals surface area contributed by atoms with Gasteiger partial charge >= 0.3 is 5.97 Å². The quantitative estimate of drug-likeness (QED) is 0.107. The number of ether oxygens (including phenoxy) is 7. The van der Waals surface area contributed by atoms with Gasteiger partial charge in [0, 0.05) is 24.9 Å². The first-order valence-electron chi connectivity index (χ1n) is 24.6. The van der Waals surface area contributed by atoms with Crippen LogP contribution in [0.3, 0.4) is 0 Å². The van der Waals surface area contributed by atoms with E-state index in [1.54, 1.807) is 7.11 Å². The zero-order valence-corrected chi connectivity index (χ0v) is 40.8. The van der Waals surface area contributed by atoms with Crippen LogP contribution < -0.4 is 0 Å². The highest BCUT2D eigenvalue weighted by Gasteiger charge is 2.72. The monoisotopic (exact) mass is 971 g/mol. The molecule has 68 heavy (non-hydrogen) atoms. The van der Waals surface area contributed by atoms with E-state index in [2.05, 4.69) is 40.7 Å². The molecular formula is C49H78O19. The van der Waals surface area contributed by atoms with Crippen molar-refractivity contribution in [2.75, 3.05) is 20.3 Å². The second-order valence-electron chi connectivity index (χ2n) is 23.7. The summed E-state index contributed by atoms with van der Waals surface area (Å²) >= 11 is 0. The summed E-state index contributed by atoms with van der Waals surface area (Å²) in [6, 6.07) is 0. The van der Waals surface area contributed by atoms with E-state index in [0.717, 1.165) is 24.8 Å². The highest BCUT2D eigenvalue weighted by atomic mass is 16.8. The van der Waals surface area contributed by atoms with Crippen LogP contribution in [0, 0.1) is 50.2 Å². The van der Waals surface area contributed by atoms with Gasteiger partial charge in [-0.2, -0.15) is 0 Å².